The van der Waals surface area contributed by atoms with Crippen LogP contribution >= 0.6 is 0 Å². The lowest BCUT2D eigenvalue weighted by Crippen LogP contribution is -2.40. The molecule has 3 aromatic rings. The first-order valence-corrected chi connectivity index (χ1v) is 11.9. The number of halogens is 1. The zero-order valence-electron chi connectivity index (χ0n) is 19.0. The van der Waals surface area contributed by atoms with E-state index in [2.05, 4.69) is 22.2 Å². The van der Waals surface area contributed by atoms with Crippen molar-refractivity contribution in [2.45, 2.75) is 56.6 Å². The Balaban J connectivity index is 1.52. The number of benzene rings is 1. The predicted octanol–water partition coefficient (Wildman–Crippen LogP) is 4.13. The highest BCUT2D eigenvalue weighted by Crippen LogP contribution is 2.34. The summed E-state index contributed by atoms with van der Waals surface area (Å²) in [5.74, 6) is 1.59. The Bertz CT molecular complexity index is 1080. The van der Waals surface area contributed by atoms with Gasteiger partial charge >= 0.3 is 0 Å². The fourth-order valence-corrected chi connectivity index (χ4v) is 4.81. The maximum atomic E-state index is 13.6. The fraction of sp³-hybridized carbons (Fsp3) is 0.480. The highest BCUT2D eigenvalue weighted by atomic mass is 19.1. The van der Waals surface area contributed by atoms with Gasteiger partial charge in [-0.15, -0.1) is 0 Å². The van der Waals surface area contributed by atoms with Crippen LogP contribution in [0.3, 0.4) is 0 Å². The van der Waals surface area contributed by atoms with E-state index in [4.69, 9.17) is 9.97 Å². The number of nitrogens with one attached hydrogen (secondary N) is 1. The summed E-state index contributed by atoms with van der Waals surface area (Å²) >= 11 is 0. The minimum absolute atomic E-state index is 0.299. The molecule has 1 aliphatic heterocycles. The van der Waals surface area contributed by atoms with Crippen molar-refractivity contribution in [3.05, 3.63) is 54.2 Å². The van der Waals surface area contributed by atoms with Gasteiger partial charge in [0.25, 0.3) is 0 Å². The van der Waals surface area contributed by atoms with Crippen LogP contribution in [-0.4, -0.2) is 55.7 Å². The third kappa shape index (κ3) is 4.77. The van der Waals surface area contributed by atoms with Crippen molar-refractivity contribution >= 4 is 5.95 Å². The molecule has 174 valence electrons. The van der Waals surface area contributed by atoms with E-state index >= 15 is 0 Å². The Labute approximate surface area is 193 Å². The number of anilines is 1. The smallest absolute Gasteiger partial charge is 0.224 e. The summed E-state index contributed by atoms with van der Waals surface area (Å²) in [4.78, 5) is 16.3. The van der Waals surface area contributed by atoms with E-state index in [9.17, 15) is 9.50 Å². The zero-order chi connectivity index (χ0) is 22.8. The van der Waals surface area contributed by atoms with Gasteiger partial charge < -0.3 is 15.3 Å². The van der Waals surface area contributed by atoms with Crippen LogP contribution in [0, 0.1) is 5.82 Å². The molecule has 2 N–H and O–H groups in total. The Morgan fingerprint density at radius 2 is 1.76 bits per heavy atom. The Morgan fingerprint density at radius 1 is 1.03 bits per heavy atom. The molecular formula is C25H31FN6O. The summed E-state index contributed by atoms with van der Waals surface area (Å²) in [5, 5.41) is 14.9. The number of hydrogen-bond donors (Lipinski definition) is 2. The lowest BCUT2D eigenvalue weighted by atomic mass is 9.89. The highest BCUT2D eigenvalue weighted by molar-refractivity contribution is 5.59. The Hall–Kier alpha value is -2.84. The van der Waals surface area contributed by atoms with Crippen LogP contribution in [0.25, 0.3) is 17.2 Å². The van der Waals surface area contributed by atoms with Gasteiger partial charge in [0.2, 0.25) is 5.95 Å². The summed E-state index contributed by atoms with van der Waals surface area (Å²) in [7, 11) is 2.06. The summed E-state index contributed by atoms with van der Waals surface area (Å²) < 4.78 is 15.5. The highest BCUT2D eigenvalue weighted by Gasteiger charge is 2.36. The Morgan fingerprint density at radius 3 is 2.48 bits per heavy atom. The number of likely N-dealkylation sites (tertiary alicyclic amines) is 1. The summed E-state index contributed by atoms with van der Waals surface area (Å²) in [5.41, 5.74) is 0.387. The van der Waals surface area contributed by atoms with Gasteiger partial charge in [0.1, 0.15) is 23.1 Å². The van der Waals surface area contributed by atoms with E-state index in [1.807, 2.05) is 16.8 Å². The van der Waals surface area contributed by atoms with Crippen LogP contribution in [0.15, 0.2) is 42.7 Å². The third-order valence-corrected chi connectivity index (χ3v) is 6.93. The second-order valence-electron chi connectivity index (χ2n) is 9.38. The minimum atomic E-state index is -0.997. The quantitative estimate of drug-likeness (QED) is 0.609. The molecule has 33 heavy (non-hydrogen) atoms. The first-order valence-electron chi connectivity index (χ1n) is 11.9. The summed E-state index contributed by atoms with van der Waals surface area (Å²) in [6.45, 7) is 1.61. The van der Waals surface area contributed by atoms with Crippen molar-refractivity contribution < 1.29 is 9.50 Å². The van der Waals surface area contributed by atoms with Gasteiger partial charge in [0.05, 0.1) is 5.69 Å². The van der Waals surface area contributed by atoms with E-state index in [-0.39, 0.29) is 5.82 Å². The average Bonchev–Trinajstić information content (AvgIpc) is 3.29. The van der Waals surface area contributed by atoms with Crippen LogP contribution < -0.4 is 5.32 Å². The number of rotatable bonds is 5. The van der Waals surface area contributed by atoms with Crippen molar-refractivity contribution in [1.82, 2.24) is 24.4 Å². The number of imidazole rings is 1. The molecule has 0 radical (unpaired) electrons. The first-order chi connectivity index (χ1) is 16.0. The van der Waals surface area contributed by atoms with E-state index in [1.54, 1.807) is 18.3 Å². The number of nitrogens with zero attached hydrogens (tertiary/aromatic N) is 5. The first kappa shape index (κ1) is 22.0. The normalized spacial score (nSPS) is 19.5. The number of hydrogen-bond acceptors (Lipinski definition) is 6. The summed E-state index contributed by atoms with van der Waals surface area (Å²) in [6, 6.07) is 8.49. The third-order valence-electron chi connectivity index (χ3n) is 6.93. The van der Waals surface area contributed by atoms with Crippen molar-refractivity contribution in [2.75, 3.05) is 25.5 Å². The van der Waals surface area contributed by atoms with Crippen molar-refractivity contribution in [3.63, 3.8) is 0 Å². The molecule has 8 heteroatoms. The van der Waals surface area contributed by atoms with Gasteiger partial charge in [-0.25, -0.2) is 14.4 Å². The second kappa shape index (κ2) is 9.19. The number of piperidine rings is 1. The van der Waals surface area contributed by atoms with Gasteiger partial charge in [0, 0.05) is 37.1 Å². The van der Waals surface area contributed by atoms with E-state index in [0.717, 1.165) is 31.5 Å². The van der Waals surface area contributed by atoms with Gasteiger partial charge in [-0.2, -0.15) is 4.98 Å². The molecule has 1 aromatic carbocycles. The van der Waals surface area contributed by atoms with Crippen LogP contribution in [0.2, 0.25) is 0 Å². The fourth-order valence-electron chi connectivity index (χ4n) is 4.81. The predicted molar refractivity (Wildman–Crippen MR) is 126 cm³/mol. The topological polar surface area (TPSA) is 79.1 Å². The lowest BCUT2D eigenvalue weighted by Gasteiger charge is -2.35. The molecule has 1 saturated carbocycles. The van der Waals surface area contributed by atoms with E-state index in [1.165, 1.54) is 31.4 Å². The van der Waals surface area contributed by atoms with Crippen LogP contribution in [0.1, 0.15) is 50.6 Å². The van der Waals surface area contributed by atoms with Crippen molar-refractivity contribution in [2.24, 2.45) is 0 Å². The second-order valence-corrected chi connectivity index (χ2v) is 9.38. The molecule has 1 aliphatic carbocycles. The van der Waals surface area contributed by atoms with Crippen molar-refractivity contribution in [1.29, 1.82) is 0 Å². The van der Waals surface area contributed by atoms with Crippen LogP contribution in [-0.2, 0) is 5.60 Å². The van der Waals surface area contributed by atoms with E-state index in [0.29, 0.717) is 42.2 Å². The molecule has 0 unspecified atom stereocenters. The molecule has 3 heterocycles. The standard InChI is InChI=1S/C25H31FN6O/c1-31-15-12-25(33,13-16-31)21-17-32(23(29-21)18-7-9-19(26)10-8-18)22-11-14-27-24(30-22)28-20-5-3-2-4-6-20/h7-11,14,17,20,33H,2-6,12-13,15-16H2,1H3,(H,27,28,30). The van der Waals surface area contributed by atoms with Gasteiger partial charge in [-0.3, -0.25) is 4.57 Å². The molecule has 0 amide bonds. The molecule has 2 fully saturated rings. The van der Waals surface area contributed by atoms with Crippen molar-refractivity contribution in [3.8, 4) is 17.2 Å². The lowest BCUT2D eigenvalue weighted by molar-refractivity contribution is -0.0235. The SMILES string of the molecule is CN1CCC(O)(c2cn(-c3ccnc(NC4CCCCC4)n3)c(-c3ccc(F)cc3)n2)CC1. The van der Waals surface area contributed by atoms with Gasteiger partial charge in [-0.1, -0.05) is 19.3 Å². The average molecular weight is 451 g/mol. The largest absolute Gasteiger partial charge is 0.383 e. The summed E-state index contributed by atoms with van der Waals surface area (Å²) in [6.07, 6.45) is 10.8. The molecule has 0 atom stereocenters. The molecule has 5 rings (SSSR count). The molecular weight excluding hydrogens is 419 g/mol. The Kier molecular flexibility index (Phi) is 6.12. The molecule has 2 aromatic heterocycles. The molecule has 7 nitrogen and oxygen atoms in total. The molecule has 1 saturated heterocycles. The number of aliphatic hydroxyl groups is 1. The van der Waals surface area contributed by atoms with Gasteiger partial charge in [0.15, 0.2) is 0 Å². The van der Waals surface area contributed by atoms with Crippen LogP contribution in [0.4, 0.5) is 10.3 Å². The number of aromatic nitrogens is 4. The molecule has 0 bridgehead atoms. The monoisotopic (exact) mass is 450 g/mol. The zero-order valence-corrected chi connectivity index (χ0v) is 19.0. The molecule has 2 aliphatic rings. The molecule has 0 spiro atoms. The van der Waals surface area contributed by atoms with Crippen LogP contribution in [0.5, 0.6) is 0 Å². The minimum Gasteiger partial charge on any atom is -0.383 e. The maximum Gasteiger partial charge on any atom is 0.224 e. The maximum absolute atomic E-state index is 13.6. The van der Waals surface area contributed by atoms with Gasteiger partial charge in [-0.05, 0) is 63.1 Å². The van der Waals surface area contributed by atoms with E-state index < -0.39 is 5.60 Å².